The van der Waals surface area contributed by atoms with Crippen molar-refractivity contribution < 1.29 is 14.3 Å². The van der Waals surface area contributed by atoms with E-state index < -0.39 is 6.10 Å². The van der Waals surface area contributed by atoms with Crippen molar-refractivity contribution in [2.75, 3.05) is 36.4 Å². The minimum absolute atomic E-state index is 0.0261. The van der Waals surface area contributed by atoms with E-state index in [4.69, 9.17) is 4.74 Å². The molecule has 6 heteroatoms. The number of anilines is 2. The number of hydrogen-bond acceptors (Lipinski definition) is 4. The third kappa shape index (κ3) is 4.18. The predicted molar refractivity (Wildman–Crippen MR) is 103 cm³/mol. The highest BCUT2D eigenvalue weighted by atomic mass is 16.5. The molecule has 0 saturated carbocycles. The minimum atomic E-state index is -0.486. The number of nitrogens with one attached hydrogen (secondary N) is 1. The molecule has 2 aliphatic heterocycles. The van der Waals surface area contributed by atoms with Gasteiger partial charge in [0.05, 0.1) is 5.69 Å². The number of piperidine rings is 1. The molecule has 0 radical (unpaired) electrons. The van der Waals surface area contributed by atoms with Crippen LogP contribution in [0.5, 0.6) is 5.75 Å². The monoisotopic (exact) mass is 359 g/mol. The second-order valence-corrected chi connectivity index (χ2v) is 7.48. The molecule has 0 bridgehead atoms. The fourth-order valence-corrected chi connectivity index (χ4v) is 3.43. The standard InChI is InChI=1S/C20H29N3O3/c1-14(2)19(24)21-16-7-8-18-17(13-16)23(20(25)15(3)26-18)12-11-22-9-5-4-6-10-22/h7-8,13-15H,4-6,9-12H2,1-3H3,(H,21,24). The summed E-state index contributed by atoms with van der Waals surface area (Å²) in [5.41, 5.74) is 1.43. The van der Waals surface area contributed by atoms with Crippen LogP contribution in [0.3, 0.4) is 0 Å². The summed E-state index contributed by atoms with van der Waals surface area (Å²) in [4.78, 5) is 28.9. The van der Waals surface area contributed by atoms with E-state index in [-0.39, 0.29) is 17.7 Å². The van der Waals surface area contributed by atoms with Crippen molar-refractivity contribution in [3.8, 4) is 5.75 Å². The fourth-order valence-electron chi connectivity index (χ4n) is 3.43. The molecule has 1 fully saturated rings. The Hall–Kier alpha value is -2.08. The second kappa shape index (κ2) is 8.08. The van der Waals surface area contributed by atoms with Gasteiger partial charge >= 0.3 is 0 Å². The Morgan fingerprint density at radius 3 is 2.65 bits per heavy atom. The Kier molecular flexibility index (Phi) is 5.81. The van der Waals surface area contributed by atoms with E-state index in [9.17, 15) is 9.59 Å². The lowest BCUT2D eigenvalue weighted by Gasteiger charge is -2.35. The second-order valence-electron chi connectivity index (χ2n) is 7.48. The highest BCUT2D eigenvalue weighted by Gasteiger charge is 2.32. The molecule has 0 aliphatic carbocycles. The topological polar surface area (TPSA) is 61.9 Å². The zero-order valence-electron chi connectivity index (χ0n) is 16.0. The van der Waals surface area contributed by atoms with E-state index in [0.29, 0.717) is 18.0 Å². The number of nitrogens with zero attached hydrogens (tertiary/aromatic N) is 2. The van der Waals surface area contributed by atoms with Gasteiger partial charge in [0.1, 0.15) is 5.75 Å². The average molecular weight is 359 g/mol. The van der Waals surface area contributed by atoms with Crippen LogP contribution in [0.15, 0.2) is 18.2 Å². The molecule has 1 N–H and O–H groups in total. The minimum Gasteiger partial charge on any atom is -0.479 e. The summed E-state index contributed by atoms with van der Waals surface area (Å²) in [7, 11) is 0. The molecule has 1 unspecified atom stereocenters. The van der Waals surface area contributed by atoms with Crippen LogP contribution in [0.25, 0.3) is 0 Å². The number of fused-ring (bicyclic) bond motifs is 1. The van der Waals surface area contributed by atoms with Crippen LogP contribution >= 0.6 is 0 Å². The van der Waals surface area contributed by atoms with Crippen molar-refractivity contribution in [3.05, 3.63) is 18.2 Å². The number of hydrogen-bond donors (Lipinski definition) is 1. The third-order valence-corrected chi connectivity index (χ3v) is 5.05. The van der Waals surface area contributed by atoms with E-state index in [1.54, 1.807) is 6.92 Å². The molecule has 1 atom stereocenters. The van der Waals surface area contributed by atoms with E-state index in [1.165, 1.54) is 19.3 Å². The van der Waals surface area contributed by atoms with Crippen molar-refractivity contribution in [3.63, 3.8) is 0 Å². The van der Waals surface area contributed by atoms with Crippen molar-refractivity contribution in [1.29, 1.82) is 0 Å². The largest absolute Gasteiger partial charge is 0.479 e. The SMILES string of the molecule is CC(C)C(=O)Nc1ccc2c(c1)N(CCN1CCCCC1)C(=O)C(C)O2. The van der Waals surface area contributed by atoms with Crippen LogP contribution in [0, 0.1) is 5.92 Å². The van der Waals surface area contributed by atoms with Crippen LogP contribution in [-0.4, -0.2) is 49.0 Å². The van der Waals surface area contributed by atoms with Crippen molar-refractivity contribution in [1.82, 2.24) is 4.90 Å². The number of benzene rings is 1. The molecule has 2 amide bonds. The van der Waals surface area contributed by atoms with Gasteiger partial charge in [0.25, 0.3) is 5.91 Å². The molecule has 6 nitrogen and oxygen atoms in total. The number of ether oxygens (including phenoxy) is 1. The maximum atomic E-state index is 12.7. The smallest absolute Gasteiger partial charge is 0.267 e. The summed E-state index contributed by atoms with van der Waals surface area (Å²) in [6, 6.07) is 5.50. The Morgan fingerprint density at radius 1 is 1.23 bits per heavy atom. The van der Waals surface area contributed by atoms with Gasteiger partial charge in [-0.2, -0.15) is 0 Å². The van der Waals surface area contributed by atoms with Gasteiger partial charge in [-0.25, -0.2) is 0 Å². The quantitative estimate of drug-likeness (QED) is 0.878. The highest BCUT2D eigenvalue weighted by Crippen LogP contribution is 2.36. The fraction of sp³-hybridized carbons (Fsp3) is 0.600. The van der Waals surface area contributed by atoms with E-state index >= 15 is 0 Å². The summed E-state index contributed by atoms with van der Waals surface area (Å²) in [6.45, 7) is 9.20. The summed E-state index contributed by atoms with van der Waals surface area (Å²) < 4.78 is 5.76. The van der Waals surface area contributed by atoms with Crippen LogP contribution in [-0.2, 0) is 9.59 Å². The van der Waals surface area contributed by atoms with E-state index in [2.05, 4.69) is 10.2 Å². The van der Waals surface area contributed by atoms with Gasteiger partial charge < -0.3 is 19.9 Å². The molecule has 3 rings (SSSR count). The first-order chi connectivity index (χ1) is 12.5. The van der Waals surface area contributed by atoms with Gasteiger partial charge in [-0.15, -0.1) is 0 Å². The summed E-state index contributed by atoms with van der Waals surface area (Å²) in [6.07, 6.45) is 3.27. The van der Waals surface area contributed by atoms with Crippen LogP contribution in [0.4, 0.5) is 11.4 Å². The van der Waals surface area contributed by atoms with Gasteiger partial charge in [-0.05, 0) is 51.1 Å². The lowest BCUT2D eigenvalue weighted by molar-refractivity contribution is -0.125. The number of carbonyl (C=O) groups excluding carboxylic acids is 2. The van der Waals surface area contributed by atoms with Crippen molar-refractivity contribution in [2.24, 2.45) is 5.92 Å². The molecular weight excluding hydrogens is 330 g/mol. The molecule has 0 spiro atoms. The van der Waals surface area contributed by atoms with Gasteiger partial charge in [0, 0.05) is 24.7 Å². The third-order valence-electron chi connectivity index (χ3n) is 5.05. The van der Waals surface area contributed by atoms with E-state index in [1.807, 2.05) is 36.9 Å². The molecule has 1 aromatic rings. The van der Waals surface area contributed by atoms with Gasteiger partial charge in [0.15, 0.2) is 6.10 Å². The van der Waals surface area contributed by atoms with Crippen LogP contribution in [0.1, 0.15) is 40.0 Å². The molecule has 1 saturated heterocycles. The lowest BCUT2D eigenvalue weighted by atomic mass is 10.1. The number of rotatable bonds is 5. The zero-order valence-corrected chi connectivity index (χ0v) is 16.0. The molecule has 0 aromatic heterocycles. The van der Waals surface area contributed by atoms with Crippen LogP contribution < -0.4 is 15.0 Å². The molecule has 2 heterocycles. The van der Waals surface area contributed by atoms with Gasteiger partial charge in [0.2, 0.25) is 5.91 Å². The Balaban J connectivity index is 1.78. The van der Waals surface area contributed by atoms with E-state index in [0.717, 1.165) is 25.3 Å². The number of carbonyl (C=O) groups is 2. The molecule has 142 valence electrons. The first-order valence-corrected chi connectivity index (χ1v) is 9.61. The average Bonchev–Trinajstić information content (AvgIpc) is 2.63. The lowest BCUT2D eigenvalue weighted by Crippen LogP contribution is -2.48. The summed E-state index contributed by atoms with van der Waals surface area (Å²) in [5, 5.41) is 2.90. The van der Waals surface area contributed by atoms with Gasteiger partial charge in [-0.1, -0.05) is 20.3 Å². The maximum Gasteiger partial charge on any atom is 0.267 e. The van der Waals surface area contributed by atoms with Crippen LogP contribution in [0.2, 0.25) is 0 Å². The predicted octanol–water partition coefficient (Wildman–Crippen LogP) is 2.88. The Bertz CT molecular complexity index is 668. The van der Waals surface area contributed by atoms with Crippen molar-refractivity contribution >= 4 is 23.2 Å². The first-order valence-electron chi connectivity index (χ1n) is 9.61. The summed E-state index contributed by atoms with van der Waals surface area (Å²) in [5.74, 6) is 0.528. The highest BCUT2D eigenvalue weighted by molar-refractivity contribution is 6.01. The zero-order chi connectivity index (χ0) is 18.7. The summed E-state index contributed by atoms with van der Waals surface area (Å²) >= 11 is 0. The van der Waals surface area contributed by atoms with Gasteiger partial charge in [-0.3, -0.25) is 9.59 Å². The molecule has 2 aliphatic rings. The molecule has 1 aromatic carbocycles. The maximum absolute atomic E-state index is 12.7. The Labute approximate surface area is 155 Å². The first kappa shape index (κ1) is 18.7. The molecular formula is C20H29N3O3. The normalized spacial score (nSPS) is 20.7. The molecule has 26 heavy (non-hydrogen) atoms. The Morgan fingerprint density at radius 2 is 1.96 bits per heavy atom. The number of amides is 2. The van der Waals surface area contributed by atoms with Crippen molar-refractivity contribution in [2.45, 2.75) is 46.1 Å². The number of likely N-dealkylation sites (tertiary alicyclic amines) is 1.